The van der Waals surface area contributed by atoms with E-state index < -0.39 is 0 Å². The largest absolute Gasteiger partial charge is 0.497 e. The quantitative estimate of drug-likeness (QED) is 0.759. The molecule has 4 nitrogen and oxygen atoms in total. The Morgan fingerprint density at radius 2 is 1.95 bits per heavy atom. The minimum absolute atomic E-state index is 0.132. The molecule has 1 aliphatic heterocycles. The Labute approximate surface area is 127 Å². The average Bonchev–Trinajstić information content (AvgIpc) is 3.22. The van der Waals surface area contributed by atoms with E-state index >= 15 is 0 Å². The van der Waals surface area contributed by atoms with Gasteiger partial charge in [-0.25, -0.2) is 4.98 Å². The maximum absolute atomic E-state index is 13.1. The van der Waals surface area contributed by atoms with Crippen LogP contribution in [0.25, 0.3) is 11.0 Å². The highest BCUT2D eigenvalue weighted by molar-refractivity contribution is 5.96. The molecule has 0 radical (unpaired) electrons. The van der Waals surface area contributed by atoms with Gasteiger partial charge in [-0.1, -0.05) is 12.2 Å². The van der Waals surface area contributed by atoms with E-state index in [0.717, 1.165) is 34.4 Å². The smallest absolute Gasteiger partial charge is 0.237 e. The standard InChI is InChI=1S/C18H16N2O2/c1-22-8-2-5-14-13(6-8)19-17-15-9-3-4-10(12-7-11(9)12)16(15)18(21)20(14)17/h2-6,9-12,15-16H,7H2,1H3/t9-,10+,11+,12-,15-,16+/m0/s1. The monoisotopic (exact) mass is 292 g/mol. The maximum Gasteiger partial charge on any atom is 0.237 e. The fraction of sp³-hybridized carbons (Fsp3) is 0.444. The topological polar surface area (TPSA) is 44.1 Å². The van der Waals surface area contributed by atoms with E-state index in [4.69, 9.17) is 9.72 Å². The van der Waals surface area contributed by atoms with Crippen molar-refractivity contribution in [2.45, 2.75) is 12.3 Å². The third-order valence-electron chi connectivity index (χ3n) is 6.34. The number of methoxy groups -OCH3 is 1. The van der Waals surface area contributed by atoms with E-state index in [-0.39, 0.29) is 11.8 Å². The van der Waals surface area contributed by atoms with Gasteiger partial charge in [0, 0.05) is 12.0 Å². The van der Waals surface area contributed by atoms with Gasteiger partial charge >= 0.3 is 0 Å². The van der Waals surface area contributed by atoms with E-state index in [2.05, 4.69) is 12.2 Å². The molecule has 2 bridgehead atoms. The lowest BCUT2D eigenvalue weighted by molar-refractivity contribution is 0.0747. The fourth-order valence-corrected chi connectivity index (χ4v) is 5.37. The number of carbonyl (C=O) groups excluding carboxylic acids is 1. The summed E-state index contributed by atoms with van der Waals surface area (Å²) in [5.74, 6) is 4.99. The third kappa shape index (κ3) is 1.11. The van der Waals surface area contributed by atoms with Crippen molar-refractivity contribution >= 4 is 16.9 Å². The van der Waals surface area contributed by atoms with Crippen molar-refractivity contribution in [3.05, 3.63) is 36.2 Å². The molecule has 1 aromatic heterocycles. The van der Waals surface area contributed by atoms with E-state index in [0.29, 0.717) is 17.8 Å². The molecule has 22 heavy (non-hydrogen) atoms. The molecule has 4 heteroatoms. The Kier molecular flexibility index (Phi) is 1.80. The molecular formula is C18H16N2O2. The maximum atomic E-state index is 13.1. The van der Waals surface area contributed by atoms with Crippen LogP contribution in [0.2, 0.25) is 0 Å². The first-order chi connectivity index (χ1) is 10.8. The van der Waals surface area contributed by atoms with E-state index in [1.165, 1.54) is 6.42 Å². The minimum atomic E-state index is 0.132. The highest BCUT2D eigenvalue weighted by atomic mass is 16.5. The highest BCUT2D eigenvalue weighted by Gasteiger charge is 2.64. The number of allylic oxidation sites excluding steroid dienone is 2. The van der Waals surface area contributed by atoms with Crippen LogP contribution >= 0.6 is 0 Å². The number of aromatic nitrogens is 2. The molecule has 4 aliphatic carbocycles. The van der Waals surface area contributed by atoms with Crippen molar-refractivity contribution < 1.29 is 9.53 Å². The van der Waals surface area contributed by atoms with Crippen LogP contribution < -0.4 is 4.74 Å². The number of ether oxygens (including phenoxy) is 1. The Morgan fingerprint density at radius 1 is 1.18 bits per heavy atom. The molecule has 6 atom stereocenters. The van der Waals surface area contributed by atoms with Crippen LogP contribution in [0.5, 0.6) is 5.75 Å². The van der Waals surface area contributed by atoms with Gasteiger partial charge in [0.1, 0.15) is 11.6 Å². The molecule has 1 aromatic carbocycles. The van der Waals surface area contributed by atoms with E-state index in [9.17, 15) is 4.79 Å². The van der Waals surface area contributed by atoms with Gasteiger partial charge in [0.25, 0.3) is 0 Å². The fourth-order valence-electron chi connectivity index (χ4n) is 5.37. The van der Waals surface area contributed by atoms with Crippen molar-refractivity contribution in [2.24, 2.45) is 29.6 Å². The van der Waals surface area contributed by atoms with Gasteiger partial charge in [-0.05, 0) is 42.2 Å². The van der Waals surface area contributed by atoms with Crippen molar-refractivity contribution in [3.8, 4) is 5.75 Å². The number of carbonyl (C=O) groups is 1. The summed E-state index contributed by atoms with van der Waals surface area (Å²) in [6.45, 7) is 0. The molecule has 7 rings (SSSR count). The van der Waals surface area contributed by atoms with Gasteiger partial charge in [-0.2, -0.15) is 0 Å². The lowest BCUT2D eigenvalue weighted by Crippen LogP contribution is -2.38. The number of fused-ring (bicyclic) bond motifs is 3. The number of nitrogens with zero attached hydrogens (tertiary/aromatic N) is 2. The SMILES string of the molecule is COc1ccc2c(c1)nc1n2C(=O)[C@@H]2[C@@H]3C=C[C@@H]([C@H]4C[C@@H]34)[C@H]12. The molecule has 2 fully saturated rings. The van der Waals surface area contributed by atoms with Crippen LogP contribution in [0.4, 0.5) is 0 Å². The number of hydrogen-bond acceptors (Lipinski definition) is 3. The molecular weight excluding hydrogens is 276 g/mol. The Morgan fingerprint density at radius 3 is 2.73 bits per heavy atom. The van der Waals surface area contributed by atoms with Crippen molar-refractivity contribution in [2.75, 3.05) is 7.11 Å². The van der Waals surface area contributed by atoms with Crippen molar-refractivity contribution in [1.82, 2.24) is 9.55 Å². The van der Waals surface area contributed by atoms with E-state index in [1.54, 1.807) is 7.11 Å². The highest BCUT2D eigenvalue weighted by Crippen LogP contribution is 2.67. The third-order valence-corrected chi connectivity index (χ3v) is 6.34. The van der Waals surface area contributed by atoms with Crippen LogP contribution in [0.1, 0.15) is 23.0 Å². The second-order valence-electron chi connectivity index (χ2n) is 7.15. The Bertz CT molecular complexity index is 881. The summed E-state index contributed by atoms with van der Waals surface area (Å²) < 4.78 is 7.18. The predicted octanol–water partition coefficient (Wildman–Crippen LogP) is 2.85. The summed E-state index contributed by atoms with van der Waals surface area (Å²) in [6, 6.07) is 5.81. The van der Waals surface area contributed by atoms with Gasteiger partial charge in [0.15, 0.2) is 0 Å². The zero-order valence-corrected chi connectivity index (χ0v) is 12.3. The van der Waals surface area contributed by atoms with Crippen LogP contribution in [0.3, 0.4) is 0 Å². The molecule has 0 spiro atoms. The molecule has 0 saturated heterocycles. The first kappa shape index (κ1) is 11.5. The first-order valence-corrected chi connectivity index (χ1v) is 8.07. The molecule has 0 amide bonds. The van der Waals surface area contributed by atoms with Gasteiger partial charge in [0.2, 0.25) is 5.91 Å². The predicted molar refractivity (Wildman–Crippen MR) is 80.9 cm³/mol. The van der Waals surface area contributed by atoms with Gasteiger partial charge < -0.3 is 4.74 Å². The van der Waals surface area contributed by atoms with E-state index in [1.807, 2.05) is 22.8 Å². The lowest BCUT2D eigenvalue weighted by Gasteiger charge is -2.39. The van der Waals surface area contributed by atoms with Crippen molar-refractivity contribution in [1.29, 1.82) is 0 Å². The molecule has 2 aromatic rings. The van der Waals surface area contributed by atoms with Crippen LogP contribution in [0, 0.1) is 29.6 Å². The lowest BCUT2D eigenvalue weighted by atomic mass is 9.63. The zero-order valence-electron chi connectivity index (χ0n) is 12.3. The first-order valence-electron chi connectivity index (χ1n) is 8.07. The summed E-state index contributed by atoms with van der Waals surface area (Å²) in [5.41, 5.74) is 1.81. The number of hydrogen-bond donors (Lipinski definition) is 0. The summed E-state index contributed by atoms with van der Waals surface area (Å²) in [4.78, 5) is 17.9. The molecule has 5 aliphatic rings. The molecule has 2 saturated carbocycles. The normalized spacial score (nSPS) is 39.8. The zero-order chi connectivity index (χ0) is 14.6. The van der Waals surface area contributed by atoms with Gasteiger partial charge in [0.05, 0.1) is 24.1 Å². The molecule has 0 N–H and O–H groups in total. The number of imidazole rings is 1. The average molecular weight is 292 g/mol. The molecule has 2 heterocycles. The van der Waals surface area contributed by atoms with Crippen LogP contribution in [0.15, 0.2) is 30.4 Å². The number of rotatable bonds is 1. The summed E-state index contributed by atoms with van der Waals surface area (Å²) in [5, 5.41) is 0. The summed E-state index contributed by atoms with van der Waals surface area (Å²) in [7, 11) is 1.66. The minimum Gasteiger partial charge on any atom is -0.497 e. The molecule has 0 unspecified atom stereocenters. The molecule has 110 valence electrons. The van der Waals surface area contributed by atoms with Gasteiger partial charge in [-0.3, -0.25) is 9.36 Å². The Hall–Kier alpha value is -2.10. The Balaban J connectivity index is 1.60. The summed E-state index contributed by atoms with van der Waals surface area (Å²) in [6.07, 6.45) is 5.98. The van der Waals surface area contributed by atoms with Gasteiger partial charge in [-0.15, -0.1) is 0 Å². The van der Waals surface area contributed by atoms with Crippen LogP contribution in [-0.2, 0) is 0 Å². The van der Waals surface area contributed by atoms with Crippen LogP contribution in [-0.4, -0.2) is 22.6 Å². The second kappa shape index (κ2) is 3.45. The number of benzene rings is 1. The second-order valence-corrected chi connectivity index (χ2v) is 7.15. The van der Waals surface area contributed by atoms with Crippen molar-refractivity contribution in [3.63, 3.8) is 0 Å². The summed E-state index contributed by atoms with van der Waals surface area (Å²) >= 11 is 0.